The summed E-state index contributed by atoms with van der Waals surface area (Å²) in [7, 11) is 0. The fourth-order valence-corrected chi connectivity index (χ4v) is 1.36. The summed E-state index contributed by atoms with van der Waals surface area (Å²) in [4.78, 5) is 2.47. The first kappa shape index (κ1) is 7.80. The van der Waals surface area contributed by atoms with E-state index < -0.39 is 0 Å². The molecule has 1 heteroatoms. The Morgan fingerprint density at radius 1 is 1.50 bits per heavy atom. The maximum absolute atomic E-state index is 2.47. The molecule has 0 fully saturated rings. The summed E-state index contributed by atoms with van der Waals surface area (Å²) in [6, 6.07) is 0. The van der Waals surface area contributed by atoms with E-state index in [1.165, 1.54) is 32.5 Å². The normalized spacial score (nSPS) is 20.8. The van der Waals surface area contributed by atoms with E-state index >= 15 is 0 Å². The minimum absolute atomic E-state index is 1.18. The van der Waals surface area contributed by atoms with Crippen molar-refractivity contribution in [3.63, 3.8) is 0 Å². The van der Waals surface area contributed by atoms with Crippen molar-refractivity contribution in [2.45, 2.75) is 26.7 Å². The summed E-state index contributed by atoms with van der Waals surface area (Å²) in [5, 5.41) is 0. The van der Waals surface area contributed by atoms with E-state index in [9.17, 15) is 0 Å². The van der Waals surface area contributed by atoms with Crippen LogP contribution in [-0.4, -0.2) is 24.5 Å². The SMILES string of the molecule is CCC1=CCN(CC)CC1. The third-order valence-corrected chi connectivity index (χ3v) is 2.29. The minimum atomic E-state index is 1.18. The molecule has 1 heterocycles. The van der Waals surface area contributed by atoms with E-state index in [2.05, 4.69) is 24.8 Å². The molecule has 10 heavy (non-hydrogen) atoms. The number of nitrogens with zero attached hydrogens (tertiary/aromatic N) is 1. The summed E-state index contributed by atoms with van der Waals surface area (Å²) in [6.45, 7) is 8.13. The van der Waals surface area contributed by atoms with Crippen molar-refractivity contribution in [1.82, 2.24) is 4.90 Å². The molecule has 0 aliphatic carbocycles. The smallest absolute Gasteiger partial charge is 0.0165 e. The maximum atomic E-state index is 2.47. The van der Waals surface area contributed by atoms with Crippen LogP contribution in [0.15, 0.2) is 11.6 Å². The first-order valence-electron chi connectivity index (χ1n) is 4.27. The van der Waals surface area contributed by atoms with Crippen LogP contribution in [0.5, 0.6) is 0 Å². The van der Waals surface area contributed by atoms with Gasteiger partial charge >= 0.3 is 0 Å². The molecule has 0 aromatic carbocycles. The molecule has 58 valence electrons. The molecular weight excluding hydrogens is 122 g/mol. The van der Waals surface area contributed by atoms with E-state index in [1.807, 2.05) is 0 Å². The average Bonchev–Trinajstić information content (AvgIpc) is 2.05. The van der Waals surface area contributed by atoms with Gasteiger partial charge in [0.1, 0.15) is 0 Å². The third kappa shape index (κ3) is 1.84. The number of hydrogen-bond donors (Lipinski definition) is 0. The Morgan fingerprint density at radius 3 is 2.70 bits per heavy atom. The van der Waals surface area contributed by atoms with Crippen molar-refractivity contribution in [3.05, 3.63) is 11.6 Å². The van der Waals surface area contributed by atoms with Gasteiger partial charge in [0.25, 0.3) is 0 Å². The lowest BCUT2D eigenvalue weighted by molar-refractivity contribution is 0.308. The largest absolute Gasteiger partial charge is 0.300 e. The Bertz CT molecular complexity index is 127. The van der Waals surface area contributed by atoms with Crippen molar-refractivity contribution >= 4 is 0 Å². The molecule has 0 aromatic rings. The fourth-order valence-electron chi connectivity index (χ4n) is 1.36. The molecule has 0 unspecified atom stereocenters. The Kier molecular flexibility index (Phi) is 2.94. The van der Waals surface area contributed by atoms with Crippen LogP contribution in [0.3, 0.4) is 0 Å². The summed E-state index contributed by atoms with van der Waals surface area (Å²) in [5.41, 5.74) is 1.64. The Hall–Kier alpha value is -0.300. The Morgan fingerprint density at radius 2 is 2.30 bits per heavy atom. The lowest BCUT2D eigenvalue weighted by Crippen LogP contribution is -2.28. The highest BCUT2D eigenvalue weighted by Crippen LogP contribution is 2.12. The highest BCUT2D eigenvalue weighted by Gasteiger charge is 2.06. The van der Waals surface area contributed by atoms with Gasteiger partial charge in [-0.3, -0.25) is 4.90 Å². The molecule has 1 nitrogen and oxygen atoms in total. The summed E-state index contributed by atoms with van der Waals surface area (Å²) >= 11 is 0. The van der Waals surface area contributed by atoms with E-state index in [-0.39, 0.29) is 0 Å². The molecule has 0 saturated heterocycles. The molecule has 0 spiro atoms. The van der Waals surface area contributed by atoms with Crippen molar-refractivity contribution in [2.75, 3.05) is 19.6 Å². The van der Waals surface area contributed by atoms with E-state index in [4.69, 9.17) is 0 Å². The molecule has 0 amide bonds. The second-order valence-electron chi connectivity index (χ2n) is 2.86. The first-order chi connectivity index (χ1) is 4.86. The van der Waals surface area contributed by atoms with Gasteiger partial charge in [-0.2, -0.15) is 0 Å². The predicted molar refractivity (Wildman–Crippen MR) is 45.1 cm³/mol. The molecule has 1 aliphatic heterocycles. The van der Waals surface area contributed by atoms with Crippen LogP contribution in [-0.2, 0) is 0 Å². The Labute approximate surface area is 63.7 Å². The molecule has 0 N–H and O–H groups in total. The molecule has 0 bridgehead atoms. The van der Waals surface area contributed by atoms with Crippen LogP contribution in [0.25, 0.3) is 0 Å². The first-order valence-corrected chi connectivity index (χ1v) is 4.27. The van der Waals surface area contributed by atoms with Gasteiger partial charge in [-0.1, -0.05) is 25.5 Å². The van der Waals surface area contributed by atoms with Crippen molar-refractivity contribution in [3.8, 4) is 0 Å². The summed E-state index contributed by atoms with van der Waals surface area (Å²) in [6.07, 6.45) is 4.93. The van der Waals surface area contributed by atoms with Crippen LogP contribution in [0, 0.1) is 0 Å². The van der Waals surface area contributed by atoms with Gasteiger partial charge in [-0.25, -0.2) is 0 Å². The standard InChI is InChI=1S/C9H17N/c1-3-9-5-7-10(4-2)8-6-9/h5H,3-4,6-8H2,1-2H3. The second-order valence-corrected chi connectivity index (χ2v) is 2.86. The van der Waals surface area contributed by atoms with Gasteiger partial charge in [0, 0.05) is 13.1 Å². The fraction of sp³-hybridized carbons (Fsp3) is 0.778. The van der Waals surface area contributed by atoms with Crippen LogP contribution in [0.1, 0.15) is 26.7 Å². The summed E-state index contributed by atoms with van der Waals surface area (Å²) < 4.78 is 0. The van der Waals surface area contributed by atoms with Gasteiger partial charge < -0.3 is 0 Å². The van der Waals surface area contributed by atoms with Crippen molar-refractivity contribution in [2.24, 2.45) is 0 Å². The highest BCUT2D eigenvalue weighted by molar-refractivity contribution is 5.06. The monoisotopic (exact) mass is 139 g/mol. The van der Waals surface area contributed by atoms with Gasteiger partial charge in [-0.15, -0.1) is 0 Å². The molecule has 0 aromatic heterocycles. The van der Waals surface area contributed by atoms with Crippen LogP contribution >= 0.6 is 0 Å². The Balaban J connectivity index is 2.36. The zero-order chi connectivity index (χ0) is 7.40. The zero-order valence-electron chi connectivity index (χ0n) is 7.06. The quantitative estimate of drug-likeness (QED) is 0.529. The van der Waals surface area contributed by atoms with Gasteiger partial charge in [-0.05, 0) is 19.4 Å². The maximum Gasteiger partial charge on any atom is 0.0165 e. The predicted octanol–water partition coefficient (Wildman–Crippen LogP) is 2.05. The summed E-state index contributed by atoms with van der Waals surface area (Å²) in [5.74, 6) is 0. The second kappa shape index (κ2) is 3.77. The number of likely N-dealkylation sites (N-methyl/N-ethyl adjacent to an activating group) is 1. The topological polar surface area (TPSA) is 3.24 Å². The number of hydrogen-bond acceptors (Lipinski definition) is 1. The van der Waals surface area contributed by atoms with Gasteiger partial charge in [0.2, 0.25) is 0 Å². The van der Waals surface area contributed by atoms with Crippen LogP contribution in [0.2, 0.25) is 0 Å². The highest BCUT2D eigenvalue weighted by atomic mass is 15.1. The van der Waals surface area contributed by atoms with Crippen molar-refractivity contribution < 1.29 is 0 Å². The van der Waals surface area contributed by atoms with Gasteiger partial charge in [0.15, 0.2) is 0 Å². The van der Waals surface area contributed by atoms with E-state index in [0.29, 0.717) is 0 Å². The molecular formula is C9H17N. The molecule has 0 radical (unpaired) electrons. The third-order valence-electron chi connectivity index (χ3n) is 2.29. The average molecular weight is 139 g/mol. The molecule has 0 saturated carbocycles. The van der Waals surface area contributed by atoms with Crippen molar-refractivity contribution in [1.29, 1.82) is 0 Å². The van der Waals surface area contributed by atoms with Gasteiger partial charge in [0.05, 0.1) is 0 Å². The molecule has 1 rings (SSSR count). The van der Waals surface area contributed by atoms with E-state index in [0.717, 1.165) is 0 Å². The van der Waals surface area contributed by atoms with Crippen LogP contribution < -0.4 is 0 Å². The zero-order valence-corrected chi connectivity index (χ0v) is 7.06. The number of rotatable bonds is 2. The van der Waals surface area contributed by atoms with Crippen LogP contribution in [0.4, 0.5) is 0 Å². The molecule has 0 atom stereocenters. The molecule has 1 aliphatic rings. The lowest BCUT2D eigenvalue weighted by atomic mass is 10.1. The van der Waals surface area contributed by atoms with E-state index in [1.54, 1.807) is 5.57 Å². The minimum Gasteiger partial charge on any atom is -0.300 e. The lowest BCUT2D eigenvalue weighted by Gasteiger charge is -2.24.